The van der Waals surface area contributed by atoms with E-state index < -0.39 is 27.4 Å². The number of alkyl halides is 3. The van der Waals surface area contributed by atoms with Gasteiger partial charge in [0, 0.05) is 11.8 Å². The molecule has 4 heterocycles. The molecule has 2 saturated heterocycles. The lowest BCUT2D eigenvalue weighted by Gasteiger charge is -2.42. The third-order valence-corrected chi connectivity index (χ3v) is 7.65. The predicted octanol–water partition coefficient (Wildman–Crippen LogP) is 2.91. The summed E-state index contributed by atoms with van der Waals surface area (Å²) in [5.74, 6) is -0.373. The molecule has 0 spiro atoms. The zero-order valence-electron chi connectivity index (χ0n) is 17.2. The molecule has 32 heavy (non-hydrogen) atoms. The number of hydrogen-bond acceptors (Lipinski definition) is 6. The first kappa shape index (κ1) is 21.2. The second-order valence-corrected chi connectivity index (χ2v) is 10.5. The normalized spacial score (nSPS) is 25.3. The van der Waals surface area contributed by atoms with E-state index in [9.17, 15) is 21.6 Å². The second kappa shape index (κ2) is 6.42. The lowest BCUT2D eigenvalue weighted by molar-refractivity contribution is -0.141. The van der Waals surface area contributed by atoms with Gasteiger partial charge in [-0.15, -0.1) is 0 Å². The highest BCUT2D eigenvalue weighted by Gasteiger charge is 2.61. The maximum absolute atomic E-state index is 13.2. The molecule has 2 aliphatic heterocycles. The SMILES string of the molecule is Cc1ccc(S(=O)(=O)NC23COC(C)(C2)C3)cc1-c1cnc2c(N)nc(C(F)(F)F)cn12. The van der Waals surface area contributed by atoms with Crippen LogP contribution in [0.2, 0.25) is 0 Å². The molecule has 1 aliphatic carbocycles. The first-order valence-electron chi connectivity index (χ1n) is 9.81. The van der Waals surface area contributed by atoms with Crippen LogP contribution in [0.15, 0.2) is 35.5 Å². The lowest BCUT2D eigenvalue weighted by Crippen LogP contribution is -2.58. The van der Waals surface area contributed by atoms with Gasteiger partial charge in [-0.25, -0.2) is 23.1 Å². The molecule has 0 unspecified atom stereocenters. The number of nitrogens with one attached hydrogen (secondary N) is 1. The zero-order valence-corrected chi connectivity index (χ0v) is 18.0. The van der Waals surface area contributed by atoms with Gasteiger partial charge in [-0.05, 0) is 44.4 Å². The molecule has 0 atom stereocenters. The summed E-state index contributed by atoms with van der Waals surface area (Å²) >= 11 is 0. The van der Waals surface area contributed by atoms with Crippen molar-refractivity contribution >= 4 is 21.5 Å². The van der Waals surface area contributed by atoms with Crippen molar-refractivity contribution in [2.45, 2.75) is 48.9 Å². The van der Waals surface area contributed by atoms with Crippen molar-refractivity contribution in [3.8, 4) is 11.3 Å². The molecule has 0 radical (unpaired) electrons. The maximum Gasteiger partial charge on any atom is 0.434 e. The summed E-state index contributed by atoms with van der Waals surface area (Å²) < 4.78 is 75.5. The van der Waals surface area contributed by atoms with Crippen LogP contribution in [-0.2, 0) is 20.9 Å². The fraction of sp³-hybridized carbons (Fsp3) is 0.400. The first-order chi connectivity index (χ1) is 14.8. The van der Waals surface area contributed by atoms with E-state index in [0.29, 0.717) is 30.6 Å². The Bertz CT molecular complexity index is 1360. The molecule has 2 bridgehead atoms. The van der Waals surface area contributed by atoms with E-state index in [1.54, 1.807) is 13.0 Å². The quantitative estimate of drug-likeness (QED) is 0.610. The number of fused-ring (bicyclic) bond motifs is 2. The number of sulfonamides is 1. The monoisotopic (exact) mass is 467 g/mol. The minimum atomic E-state index is -4.70. The molecule has 3 aliphatic rings. The Morgan fingerprint density at radius 1 is 1.28 bits per heavy atom. The van der Waals surface area contributed by atoms with Crippen LogP contribution in [0.1, 0.15) is 31.0 Å². The number of halogens is 3. The highest BCUT2D eigenvalue weighted by molar-refractivity contribution is 7.89. The summed E-state index contributed by atoms with van der Waals surface area (Å²) in [7, 11) is -3.89. The summed E-state index contributed by atoms with van der Waals surface area (Å²) in [5.41, 5.74) is 5.01. The number of aryl methyl sites for hydroxylation is 1. The first-order valence-corrected chi connectivity index (χ1v) is 11.3. The van der Waals surface area contributed by atoms with Crippen molar-refractivity contribution in [3.05, 3.63) is 41.9 Å². The van der Waals surface area contributed by atoms with Crippen LogP contribution in [0, 0.1) is 6.92 Å². The largest absolute Gasteiger partial charge is 0.434 e. The van der Waals surface area contributed by atoms with Gasteiger partial charge in [0.2, 0.25) is 10.0 Å². The topological polar surface area (TPSA) is 112 Å². The molecular formula is C20H20F3N5O3S. The van der Waals surface area contributed by atoms with Crippen molar-refractivity contribution in [3.63, 3.8) is 0 Å². The van der Waals surface area contributed by atoms with Gasteiger partial charge in [0.25, 0.3) is 0 Å². The molecule has 0 amide bonds. The molecule has 3 aromatic rings. The van der Waals surface area contributed by atoms with E-state index in [0.717, 1.165) is 6.20 Å². The number of aromatic nitrogens is 3. The number of nitrogens with zero attached hydrogens (tertiary/aromatic N) is 3. The predicted molar refractivity (Wildman–Crippen MR) is 109 cm³/mol. The van der Waals surface area contributed by atoms with E-state index in [-0.39, 0.29) is 27.7 Å². The van der Waals surface area contributed by atoms with Crippen molar-refractivity contribution in [1.82, 2.24) is 19.1 Å². The highest BCUT2D eigenvalue weighted by atomic mass is 32.2. The minimum absolute atomic E-state index is 0.000927. The number of anilines is 1. The standard InChI is InChI=1S/C20H20F3N5O3S/c1-11-3-4-12(32(29,30)27-19-8-18(2,9-19)31-10-19)5-13(11)14-6-25-17-16(24)26-15(7-28(14)17)20(21,22)23/h3-7,27H,8-10H2,1-2H3,(H2,24,26). The third kappa shape index (κ3) is 3.24. The van der Waals surface area contributed by atoms with Gasteiger partial charge in [0.15, 0.2) is 17.2 Å². The maximum atomic E-state index is 13.2. The molecule has 3 fully saturated rings. The second-order valence-electron chi connectivity index (χ2n) is 8.80. The van der Waals surface area contributed by atoms with Crippen LogP contribution < -0.4 is 10.5 Å². The average Bonchev–Trinajstić information content (AvgIpc) is 3.31. The number of imidazole rings is 1. The number of nitrogens with two attached hydrogens (primary N) is 1. The summed E-state index contributed by atoms with van der Waals surface area (Å²) in [6, 6.07) is 4.49. The molecule has 1 saturated carbocycles. The van der Waals surface area contributed by atoms with Gasteiger partial charge in [0.1, 0.15) is 0 Å². The van der Waals surface area contributed by atoms with Crippen molar-refractivity contribution in [1.29, 1.82) is 0 Å². The Balaban J connectivity index is 1.58. The van der Waals surface area contributed by atoms with Crippen LogP contribution in [0.25, 0.3) is 16.9 Å². The lowest BCUT2D eigenvalue weighted by atomic mass is 9.70. The summed E-state index contributed by atoms with van der Waals surface area (Å²) in [5, 5.41) is 0. The molecule has 170 valence electrons. The van der Waals surface area contributed by atoms with E-state index in [1.165, 1.54) is 22.7 Å². The number of nitrogen functional groups attached to an aromatic ring is 1. The molecule has 2 aromatic heterocycles. The highest BCUT2D eigenvalue weighted by Crippen LogP contribution is 2.51. The van der Waals surface area contributed by atoms with Crippen LogP contribution in [-0.4, -0.2) is 40.5 Å². The van der Waals surface area contributed by atoms with Crippen molar-refractivity contribution in [2.75, 3.05) is 12.3 Å². The number of ether oxygens (including phenoxy) is 1. The zero-order chi connectivity index (χ0) is 23.1. The molecule has 1 aromatic carbocycles. The van der Waals surface area contributed by atoms with E-state index in [4.69, 9.17) is 10.5 Å². The number of benzene rings is 1. The van der Waals surface area contributed by atoms with Gasteiger partial charge in [-0.1, -0.05) is 6.07 Å². The van der Waals surface area contributed by atoms with Gasteiger partial charge in [-0.3, -0.25) is 4.40 Å². The fourth-order valence-electron chi connectivity index (χ4n) is 4.73. The Morgan fingerprint density at radius 2 is 2.00 bits per heavy atom. The molecule has 3 N–H and O–H groups in total. The van der Waals surface area contributed by atoms with Gasteiger partial charge >= 0.3 is 6.18 Å². The molecule has 8 nitrogen and oxygen atoms in total. The minimum Gasteiger partial charge on any atom is -0.381 e. The van der Waals surface area contributed by atoms with E-state index >= 15 is 0 Å². The average molecular weight is 467 g/mol. The van der Waals surface area contributed by atoms with Crippen molar-refractivity contribution in [2.24, 2.45) is 0 Å². The summed E-state index contributed by atoms with van der Waals surface area (Å²) in [6.45, 7) is 3.98. The fourth-order valence-corrected chi connectivity index (χ4v) is 6.15. The Hall–Kier alpha value is -2.70. The van der Waals surface area contributed by atoms with Gasteiger partial charge in [0.05, 0.1) is 34.5 Å². The van der Waals surface area contributed by atoms with Crippen LogP contribution >= 0.6 is 0 Å². The van der Waals surface area contributed by atoms with Gasteiger partial charge in [-0.2, -0.15) is 13.2 Å². The molecule has 12 heteroatoms. The Morgan fingerprint density at radius 3 is 2.62 bits per heavy atom. The molecular weight excluding hydrogens is 447 g/mol. The van der Waals surface area contributed by atoms with Crippen LogP contribution in [0.3, 0.4) is 0 Å². The summed E-state index contributed by atoms with van der Waals surface area (Å²) in [6.07, 6.45) is -1.36. The Labute approximate surface area is 181 Å². The number of hydrogen-bond donors (Lipinski definition) is 2. The van der Waals surface area contributed by atoms with Crippen LogP contribution in [0.4, 0.5) is 19.0 Å². The smallest absolute Gasteiger partial charge is 0.381 e. The van der Waals surface area contributed by atoms with Crippen molar-refractivity contribution < 1.29 is 26.3 Å². The van der Waals surface area contributed by atoms with E-state index in [2.05, 4.69) is 14.7 Å². The number of rotatable bonds is 4. The van der Waals surface area contributed by atoms with Crippen LogP contribution in [0.5, 0.6) is 0 Å². The molecule has 6 rings (SSSR count). The Kier molecular flexibility index (Phi) is 4.25. The van der Waals surface area contributed by atoms with E-state index in [1.807, 2.05) is 6.92 Å². The summed E-state index contributed by atoms with van der Waals surface area (Å²) in [4.78, 5) is 7.47. The van der Waals surface area contributed by atoms with Gasteiger partial charge < -0.3 is 10.5 Å². The third-order valence-electron chi connectivity index (χ3n) is 6.08.